The van der Waals surface area contributed by atoms with Crippen LogP contribution in [0.1, 0.15) is 19.3 Å². The molecule has 0 spiro atoms. The Morgan fingerprint density at radius 2 is 2.25 bits per heavy atom. The molecule has 0 saturated carbocycles. The van der Waals surface area contributed by atoms with E-state index in [2.05, 4.69) is 5.32 Å². The van der Waals surface area contributed by atoms with Gasteiger partial charge in [0.15, 0.2) is 0 Å². The summed E-state index contributed by atoms with van der Waals surface area (Å²) < 4.78 is 11.0. The van der Waals surface area contributed by atoms with Crippen LogP contribution in [-0.4, -0.2) is 38.5 Å². The van der Waals surface area contributed by atoms with Crippen molar-refractivity contribution in [1.29, 1.82) is 0 Å². The summed E-state index contributed by atoms with van der Waals surface area (Å²) in [4.78, 5) is 0. The molecule has 2 saturated heterocycles. The first-order chi connectivity index (χ1) is 5.95. The Labute approximate surface area is 73.4 Å². The van der Waals surface area contributed by atoms with E-state index in [0.29, 0.717) is 12.1 Å². The van der Waals surface area contributed by atoms with Crippen LogP contribution in [0.5, 0.6) is 0 Å². The van der Waals surface area contributed by atoms with Crippen LogP contribution < -0.4 is 5.32 Å². The summed E-state index contributed by atoms with van der Waals surface area (Å²) in [6.07, 6.45) is 4.03. The average molecular weight is 171 g/mol. The normalized spacial score (nSPS) is 35.0. The zero-order valence-corrected chi connectivity index (χ0v) is 7.42. The number of hydrogen-bond donors (Lipinski definition) is 1. The molecule has 70 valence electrons. The van der Waals surface area contributed by atoms with Crippen molar-refractivity contribution in [2.75, 3.05) is 26.4 Å². The van der Waals surface area contributed by atoms with Crippen LogP contribution >= 0.6 is 0 Å². The molecule has 0 aromatic heterocycles. The lowest BCUT2D eigenvalue weighted by Gasteiger charge is -2.27. The van der Waals surface area contributed by atoms with E-state index in [-0.39, 0.29) is 0 Å². The summed E-state index contributed by atoms with van der Waals surface area (Å²) >= 11 is 0. The highest BCUT2D eigenvalue weighted by molar-refractivity contribution is 4.76. The molecule has 1 N–H and O–H groups in total. The Morgan fingerprint density at radius 3 is 2.83 bits per heavy atom. The molecule has 0 radical (unpaired) electrons. The zero-order chi connectivity index (χ0) is 8.23. The minimum absolute atomic E-state index is 0.380. The van der Waals surface area contributed by atoms with Crippen molar-refractivity contribution in [3.63, 3.8) is 0 Å². The van der Waals surface area contributed by atoms with Crippen LogP contribution in [0.2, 0.25) is 0 Å². The van der Waals surface area contributed by atoms with Gasteiger partial charge >= 0.3 is 0 Å². The van der Waals surface area contributed by atoms with Crippen molar-refractivity contribution in [3.8, 4) is 0 Å². The third-order valence-electron chi connectivity index (χ3n) is 2.57. The topological polar surface area (TPSA) is 30.5 Å². The third-order valence-corrected chi connectivity index (χ3v) is 2.57. The first kappa shape index (κ1) is 8.48. The van der Waals surface area contributed by atoms with Crippen LogP contribution in [-0.2, 0) is 9.47 Å². The Hall–Kier alpha value is -0.120. The molecule has 3 heteroatoms. The predicted molar refractivity (Wildman–Crippen MR) is 46.2 cm³/mol. The lowest BCUT2D eigenvalue weighted by Crippen LogP contribution is -2.46. The molecule has 0 bridgehead atoms. The molecule has 0 aromatic carbocycles. The van der Waals surface area contributed by atoms with Crippen molar-refractivity contribution < 1.29 is 9.47 Å². The van der Waals surface area contributed by atoms with Crippen molar-refractivity contribution in [2.24, 2.45) is 0 Å². The molecule has 0 unspecified atom stereocenters. The van der Waals surface area contributed by atoms with Gasteiger partial charge in [0.2, 0.25) is 0 Å². The highest BCUT2D eigenvalue weighted by Gasteiger charge is 2.19. The largest absolute Gasteiger partial charge is 0.377 e. The predicted octanol–water partition coefficient (Wildman–Crippen LogP) is 0.544. The lowest BCUT2D eigenvalue weighted by atomic mass is 10.1. The van der Waals surface area contributed by atoms with Gasteiger partial charge in [0.05, 0.1) is 19.3 Å². The average Bonchev–Trinajstić information content (AvgIpc) is 2.46. The molecule has 2 aliphatic rings. The van der Waals surface area contributed by atoms with E-state index < -0.39 is 0 Å². The first-order valence-corrected chi connectivity index (χ1v) is 4.88. The van der Waals surface area contributed by atoms with Gasteiger partial charge in [-0.2, -0.15) is 0 Å². The van der Waals surface area contributed by atoms with E-state index in [0.717, 1.165) is 26.4 Å². The van der Waals surface area contributed by atoms with Crippen LogP contribution in [0.4, 0.5) is 0 Å². The summed E-state index contributed by atoms with van der Waals surface area (Å²) in [5.41, 5.74) is 0. The highest BCUT2D eigenvalue weighted by Crippen LogP contribution is 2.12. The number of hydrogen-bond acceptors (Lipinski definition) is 3. The van der Waals surface area contributed by atoms with Crippen LogP contribution in [0.25, 0.3) is 0 Å². The monoisotopic (exact) mass is 171 g/mol. The second-order valence-corrected chi connectivity index (χ2v) is 3.61. The lowest BCUT2D eigenvalue weighted by molar-refractivity contribution is 0.00433. The SMILES string of the molecule is C1CO[C@@H](COC[C@H]2CCN2)C1. The quantitative estimate of drug-likeness (QED) is 0.670. The van der Waals surface area contributed by atoms with E-state index in [1.165, 1.54) is 19.3 Å². The van der Waals surface area contributed by atoms with E-state index in [4.69, 9.17) is 9.47 Å². The van der Waals surface area contributed by atoms with Gasteiger partial charge in [0, 0.05) is 12.6 Å². The maximum Gasteiger partial charge on any atom is 0.0809 e. The molecular formula is C9H17NO2. The second kappa shape index (κ2) is 4.21. The number of ether oxygens (including phenoxy) is 2. The molecule has 2 aliphatic heterocycles. The second-order valence-electron chi connectivity index (χ2n) is 3.61. The van der Waals surface area contributed by atoms with Crippen molar-refractivity contribution in [2.45, 2.75) is 31.4 Å². The molecule has 0 aliphatic carbocycles. The standard InChI is InChI=1S/C9H17NO2/c1-2-9(12-5-1)7-11-6-8-3-4-10-8/h8-10H,1-7H2/t8-,9-/m1/s1. The van der Waals surface area contributed by atoms with Gasteiger partial charge in [0.1, 0.15) is 0 Å². The van der Waals surface area contributed by atoms with E-state index in [1.54, 1.807) is 0 Å². The molecule has 3 nitrogen and oxygen atoms in total. The molecule has 2 fully saturated rings. The number of nitrogens with one attached hydrogen (secondary N) is 1. The molecule has 2 rings (SSSR count). The Kier molecular flexibility index (Phi) is 2.98. The molecule has 12 heavy (non-hydrogen) atoms. The van der Waals surface area contributed by atoms with Gasteiger partial charge in [-0.1, -0.05) is 0 Å². The van der Waals surface area contributed by atoms with E-state index >= 15 is 0 Å². The van der Waals surface area contributed by atoms with Crippen molar-refractivity contribution in [1.82, 2.24) is 5.32 Å². The summed E-state index contributed by atoms with van der Waals surface area (Å²) in [7, 11) is 0. The van der Waals surface area contributed by atoms with Crippen molar-refractivity contribution >= 4 is 0 Å². The fourth-order valence-electron chi connectivity index (χ4n) is 1.61. The Balaban J connectivity index is 1.49. The summed E-state index contributed by atoms with van der Waals surface area (Å²) in [5, 5.41) is 3.31. The minimum atomic E-state index is 0.380. The molecule has 2 atom stereocenters. The smallest absolute Gasteiger partial charge is 0.0809 e. The minimum Gasteiger partial charge on any atom is -0.377 e. The van der Waals surface area contributed by atoms with Gasteiger partial charge in [-0.3, -0.25) is 0 Å². The van der Waals surface area contributed by atoms with Gasteiger partial charge in [-0.25, -0.2) is 0 Å². The summed E-state index contributed by atoms with van der Waals surface area (Å²) in [5.74, 6) is 0. The zero-order valence-electron chi connectivity index (χ0n) is 7.42. The maximum absolute atomic E-state index is 5.53. The van der Waals surface area contributed by atoms with Crippen LogP contribution in [0.15, 0.2) is 0 Å². The highest BCUT2D eigenvalue weighted by atomic mass is 16.5. The van der Waals surface area contributed by atoms with Gasteiger partial charge in [-0.15, -0.1) is 0 Å². The number of rotatable bonds is 4. The van der Waals surface area contributed by atoms with Gasteiger partial charge in [-0.05, 0) is 25.8 Å². The summed E-state index contributed by atoms with van der Waals surface area (Å²) in [6.45, 7) is 3.74. The molecular weight excluding hydrogens is 154 g/mol. The first-order valence-electron chi connectivity index (χ1n) is 4.88. The molecule has 0 aromatic rings. The molecule has 0 amide bonds. The fourth-order valence-corrected chi connectivity index (χ4v) is 1.61. The van der Waals surface area contributed by atoms with Crippen LogP contribution in [0, 0.1) is 0 Å². The van der Waals surface area contributed by atoms with Crippen LogP contribution in [0.3, 0.4) is 0 Å². The van der Waals surface area contributed by atoms with Crippen molar-refractivity contribution in [3.05, 3.63) is 0 Å². The summed E-state index contributed by atoms with van der Waals surface area (Å²) in [6, 6.07) is 0.617. The molecule has 2 heterocycles. The van der Waals surface area contributed by atoms with E-state index in [9.17, 15) is 0 Å². The third kappa shape index (κ3) is 2.19. The van der Waals surface area contributed by atoms with E-state index in [1.807, 2.05) is 0 Å². The van der Waals surface area contributed by atoms with Gasteiger partial charge < -0.3 is 14.8 Å². The fraction of sp³-hybridized carbons (Fsp3) is 1.00. The van der Waals surface area contributed by atoms with Gasteiger partial charge in [0.25, 0.3) is 0 Å². The Bertz CT molecular complexity index is 130. The maximum atomic E-state index is 5.53. The Morgan fingerprint density at radius 1 is 1.33 bits per heavy atom.